The van der Waals surface area contributed by atoms with Crippen LogP contribution in [0.4, 0.5) is 17.1 Å². The summed E-state index contributed by atoms with van der Waals surface area (Å²) < 4.78 is 121. The number of benzene rings is 10. The van der Waals surface area contributed by atoms with Crippen molar-refractivity contribution in [2.45, 2.75) is 5.41 Å². The highest BCUT2D eigenvalue weighted by atomic mass is 15.1. The molecule has 0 saturated heterocycles. The van der Waals surface area contributed by atoms with E-state index in [4.69, 9.17) is 6.85 Å². The second-order valence-corrected chi connectivity index (χ2v) is 14.7. The van der Waals surface area contributed by atoms with Crippen LogP contribution in [0, 0.1) is 0 Å². The average Bonchev–Trinajstić information content (AvgIpc) is 3.73. The molecule has 0 unspecified atom stereocenters. The number of hydrogen-bond donors (Lipinski definition) is 0. The van der Waals surface area contributed by atoms with Crippen molar-refractivity contribution in [1.82, 2.24) is 0 Å². The molecular formula is C59H41N. The van der Waals surface area contributed by atoms with E-state index in [9.17, 15) is 11.0 Å². The number of anilines is 3. The molecule has 0 saturated carbocycles. The molecule has 1 aliphatic rings. The summed E-state index contributed by atoms with van der Waals surface area (Å²) in [5.74, 6) is 0. The van der Waals surface area contributed by atoms with E-state index >= 15 is 0 Å². The van der Waals surface area contributed by atoms with Gasteiger partial charge < -0.3 is 4.90 Å². The van der Waals surface area contributed by atoms with Crippen molar-refractivity contribution in [2.24, 2.45) is 0 Å². The summed E-state index contributed by atoms with van der Waals surface area (Å²) in [6.45, 7) is 0. The molecular weight excluding hydrogens is 723 g/mol. The first kappa shape index (κ1) is 24.2. The Labute approximate surface area is 370 Å². The van der Waals surface area contributed by atoms with E-state index in [1.165, 1.54) is 4.90 Å². The van der Waals surface area contributed by atoms with Crippen molar-refractivity contribution in [3.8, 4) is 44.5 Å². The molecule has 0 N–H and O–H groups in total. The van der Waals surface area contributed by atoms with Crippen LogP contribution in [-0.2, 0) is 5.41 Å². The maximum atomic E-state index is 9.94. The summed E-state index contributed by atoms with van der Waals surface area (Å²) in [7, 11) is 0. The van der Waals surface area contributed by atoms with Crippen molar-refractivity contribution in [3.05, 3.63) is 271 Å². The highest BCUT2D eigenvalue weighted by Gasteiger charge is 2.47. The first-order chi connectivity index (χ1) is 35.2. The Hall–Kier alpha value is -7.74. The Morgan fingerprint density at radius 3 is 1.55 bits per heavy atom. The molecule has 0 amide bonds. The van der Waals surface area contributed by atoms with Crippen LogP contribution >= 0.6 is 0 Å². The van der Waals surface area contributed by atoms with Gasteiger partial charge in [-0.05, 0) is 114 Å². The van der Waals surface area contributed by atoms with Crippen LogP contribution in [0.25, 0.3) is 55.3 Å². The molecule has 0 fully saturated rings. The van der Waals surface area contributed by atoms with Crippen LogP contribution in [0.3, 0.4) is 0 Å². The van der Waals surface area contributed by atoms with Gasteiger partial charge in [0, 0.05) is 16.9 Å². The van der Waals surface area contributed by atoms with Crippen LogP contribution in [0.15, 0.2) is 248 Å². The number of rotatable bonds is 8. The Morgan fingerprint density at radius 1 is 0.350 bits per heavy atom. The predicted molar refractivity (Wildman–Crippen MR) is 252 cm³/mol. The number of nitrogens with zero attached hydrogens (tertiary/aromatic N) is 1. The van der Waals surface area contributed by atoms with Gasteiger partial charge in [-0.3, -0.25) is 0 Å². The van der Waals surface area contributed by atoms with Gasteiger partial charge in [-0.15, -0.1) is 0 Å². The normalized spacial score (nSPS) is 15.5. The molecule has 0 radical (unpaired) electrons. The summed E-state index contributed by atoms with van der Waals surface area (Å²) in [5.41, 5.74) is 4.27. The summed E-state index contributed by atoms with van der Waals surface area (Å²) in [4.78, 5) is 1.28. The van der Waals surface area contributed by atoms with Crippen LogP contribution in [0.5, 0.6) is 0 Å². The van der Waals surface area contributed by atoms with E-state index in [1.54, 1.807) is 24.3 Å². The first-order valence-corrected chi connectivity index (χ1v) is 19.7. The van der Waals surface area contributed by atoms with Crippen molar-refractivity contribution < 1.29 is 17.8 Å². The fourth-order valence-corrected chi connectivity index (χ4v) is 8.72. The van der Waals surface area contributed by atoms with Gasteiger partial charge in [0.1, 0.15) is 0 Å². The summed E-state index contributed by atoms with van der Waals surface area (Å²) in [5, 5.41) is 2.08. The zero-order chi connectivity index (χ0) is 51.2. The van der Waals surface area contributed by atoms with Crippen molar-refractivity contribution >= 4 is 27.8 Å². The van der Waals surface area contributed by atoms with E-state index < -0.39 is 101 Å². The lowest BCUT2D eigenvalue weighted by atomic mass is 9.68. The number of hydrogen-bond acceptors (Lipinski definition) is 1. The van der Waals surface area contributed by atoms with Gasteiger partial charge in [0.2, 0.25) is 0 Å². The van der Waals surface area contributed by atoms with Crippen molar-refractivity contribution in [1.29, 1.82) is 0 Å². The minimum atomic E-state index is -0.968. The number of fused-ring (bicyclic) bond motifs is 4. The topological polar surface area (TPSA) is 3.24 Å². The Bertz CT molecular complexity index is 3790. The largest absolute Gasteiger partial charge is 0.310 e. The van der Waals surface area contributed by atoms with Crippen molar-refractivity contribution in [2.75, 3.05) is 4.90 Å². The van der Waals surface area contributed by atoms with Crippen LogP contribution < -0.4 is 4.90 Å². The Balaban J connectivity index is 1.22. The Morgan fingerprint density at radius 2 is 0.867 bits per heavy atom. The summed E-state index contributed by atoms with van der Waals surface area (Å²) in [6.07, 6.45) is 0. The van der Waals surface area contributed by atoms with Crippen LogP contribution in [0.1, 0.15) is 40.1 Å². The van der Waals surface area contributed by atoms with Crippen LogP contribution in [0.2, 0.25) is 0 Å². The van der Waals surface area contributed by atoms with E-state index in [0.29, 0.717) is 11.1 Å². The van der Waals surface area contributed by atoms with E-state index in [-0.39, 0.29) is 16.9 Å². The van der Waals surface area contributed by atoms with Gasteiger partial charge in [-0.2, -0.15) is 0 Å². The molecule has 0 spiro atoms. The maximum absolute atomic E-state index is 9.94. The average molecular weight is 777 g/mol. The molecule has 0 aliphatic heterocycles. The molecule has 11 rings (SSSR count). The zero-order valence-electron chi connectivity index (χ0n) is 45.1. The van der Waals surface area contributed by atoms with E-state index in [1.807, 2.05) is 146 Å². The minimum absolute atomic E-state index is 0.00763. The minimum Gasteiger partial charge on any atom is -0.310 e. The maximum Gasteiger partial charge on any atom is 0.0714 e. The quantitative estimate of drug-likeness (QED) is 0.149. The third-order valence-corrected chi connectivity index (χ3v) is 11.4. The SMILES string of the molecule is [2H]c1c([2H])c([2H])c(-c2c([2H])c([2H])c(N(c3cccc4c3-c3ccccc3C4(c3ccccc3)c3ccccc3)c3c([2H])c([2H])c(-c4cccc(-c5ccc6ccccc6c5)c4)c([2H])c3[2H])c([2H])c2[2H])c([2H])c1[2H]. The molecule has 1 nitrogen and oxygen atoms in total. The zero-order valence-corrected chi connectivity index (χ0v) is 32.1. The molecule has 0 atom stereocenters. The third kappa shape index (κ3) is 5.94. The lowest BCUT2D eigenvalue weighted by Gasteiger charge is -2.34. The van der Waals surface area contributed by atoms with Gasteiger partial charge in [-0.1, -0.05) is 206 Å². The van der Waals surface area contributed by atoms with Gasteiger partial charge in [0.05, 0.1) is 28.9 Å². The van der Waals surface area contributed by atoms with Gasteiger partial charge in [-0.25, -0.2) is 0 Å². The summed E-state index contributed by atoms with van der Waals surface area (Å²) in [6, 6.07) is 46.0. The monoisotopic (exact) mass is 776 g/mol. The van der Waals surface area contributed by atoms with E-state index in [2.05, 4.69) is 0 Å². The predicted octanol–water partition coefficient (Wildman–Crippen LogP) is 15.7. The molecule has 282 valence electrons. The molecule has 60 heavy (non-hydrogen) atoms. The van der Waals surface area contributed by atoms with E-state index in [0.717, 1.165) is 49.7 Å². The molecule has 0 heterocycles. The molecule has 10 aromatic carbocycles. The van der Waals surface area contributed by atoms with Gasteiger partial charge in [0.25, 0.3) is 0 Å². The first-order valence-electron chi connectivity index (χ1n) is 26.2. The van der Waals surface area contributed by atoms with Gasteiger partial charge >= 0.3 is 0 Å². The third-order valence-electron chi connectivity index (χ3n) is 11.4. The highest BCUT2D eigenvalue weighted by Crippen LogP contribution is 2.59. The molecule has 10 aromatic rings. The smallest absolute Gasteiger partial charge is 0.0714 e. The lowest BCUT2D eigenvalue weighted by Crippen LogP contribution is -2.28. The molecule has 0 aromatic heterocycles. The second-order valence-electron chi connectivity index (χ2n) is 14.7. The fourth-order valence-electron chi connectivity index (χ4n) is 8.72. The lowest BCUT2D eigenvalue weighted by molar-refractivity contribution is 0.768. The molecule has 1 aliphatic carbocycles. The standard InChI is InChI=1S/C59H41N/c1-4-16-42(17-5-1)44-32-36-52(37-33-44)60(53-38-34-45(35-39-53)47-20-14-21-48(40-47)49-31-30-43-18-10-11-19-46(43)41-49)57-29-15-28-56-58(57)54-26-12-13-27-55(54)59(56,50-22-6-2-7-23-50)51-24-8-3-9-25-51/h1-41H/i1D,4D,5D,16D,17D,32D,33D,34D,35D,36D,37D,38D,39D. The fraction of sp³-hybridized carbons (Fsp3) is 0.0169. The molecule has 1 heteroatoms. The highest BCUT2D eigenvalue weighted by molar-refractivity contribution is 5.98. The molecule has 0 bridgehead atoms. The summed E-state index contributed by atoms with van der Waals surface area (Å²) >= 11 is 0. The second kappa shape index (κ2) is 14.9. The van der Waals surface area contributed by atoms with Crippen molar-refractivity contribution in [3.63, 3.8) is 0 Å². The van der Waals surface area contributed by atoms with Crippen LogP contribution in [-0.4, -0.2) is 0 Å². The Kier molecular flexibility index (Phi) is 6.02. The van der Waals surface area contributed by atoms with Gasteiger partial charge in [0.15, 0.2) is 0 Å².